The molecule has 3 fully saturated rings. The summed E-state index contributed by atoms with van der Waals surface area (Å²) >= 11 is 6.55. The van der Waals surface area contributed by atoms with Gasteiger partial charge in [-0.3, -0.25) is 9.59 Å². The van der Waals surface area contributed by atoms with Crippen molar-refractivity contribution < 1.29 is 18.0 Å². The number of piperidine rings is 1. The van der Waals surface area contributed by atoms with Gasteiger partial charge >= 0.3 is 0 Å². The van der Waals surface area contributed by atoms with Gasteiger partial charge in [-0.15, -0.1) is 0 Å². The van der Waals surface area contributed by atoms with Crippen molar-refractivity contribution in [3.63, 3.8) is 0 Å². The van der Waals surface area contributed by atoms with Crippen LogP contribution in [0.25, 0.3) is 0 Å². The maximum Gasteiger partial charge on any atom is 0.229 e. The van der Waals surface area contributed by atoms with Crippen molar-refractivity contribution in [1.82, 2.24) is 15.1 Å². The van der Waals surface area contributed by atoms with Crippen molar-refractivity contribution in [2.75, 3.05) is 32.4 Å². The molecule has 1 atom stereocenters. The number of rotatable bonds is 9. The summed E-state index contributed by atoms with van der Waals surface area (Å²) in [5, 5.41) is 3.99. The number of carbonyl (C=O) groups excluding carboxylic acids is 2. The highest BCUT2D eigenvalue weighted by Gasteiger charge is 2.47. The minimum absolute atomic E-state index is 0.105. The summed E-state index contributed by atoms with van der Waals surface area (Å²) in [5.74, 6) is 0.466. The van der Waals surface area contributed by atoms with Gasteiger partial charge in [0.15, 0.2) is 9.84 Å². The summed E-state index contributed by atoms with van der Waals surface area (Å²) in [5.41, 5.74) is 1.61. The number of hydrogen-bond acceptors (Lipinski definition) is 5. The first-order chi connectivity index (χ1) is 19.1. The second-order valence-corrected chi connectivity index (χ2v) is 14.3. The van der Waals surface area contributed by atoms with E-state index in [2.05, 4.69) is 10.2 Å². The number of benzene rings is 2. The van der Waals surface area contributed by atoms with Crippen molar-refractivity contribution in [1.29, 1.82) is 0 Å². The van der Waals surface area contributed by atoms with Gasteiger partial charge < -0.3 is 15.1 Å². The number of likely N-dealkylation sites (tertiary alicyclic amines) is 2. The summed E-state index contributed by atoms with van der Waals surface area (Å²) in [7, 11) is -3.24. The maximum atomic E-state index is 13.5. The van der Waals surface area contributed by atoms with Crippen LogP contribution in [0, 0.1) is 11.3 Å². The molecular weight excluding hydrogens is 546 g/mol. The molecule has 0 bridgehead atoms. The molecule has 2 heterocycles. The van der Waals surface area contributed by atoms with Crippen LogP contribution in [0.1, 0.15) is 68.5 Å². The van der Waals surface area contributed by atoms with E-state index in [9.17, 15) is 18.0 Å². The highest BCUT2D eigenvalue weighted by molar-refractivity contribution is 7.90. The Morgan fingerprint density at radius 3 is 2.33 bits per heavy atom. The van der Waals surface area contributed by atoms with E-state index in [0.717, 1.165) is 88.7 Å². The topological polar surface area (TPSA) is 86.8 Å². The van der Waals surface area contributed by atoms with E-state index in [-0.39, 0.29) is 29.2 Å². The Morgan fingerprint density at radius 1 is 1.02 bits per heavy atom. The number of sulfone groups is 1. The molecule has 7 nitrogen and oxygen atoms in total. The van der Waals surface area contributed by atoms with E-state index >= 15 is 0 Å². The third kappa shape index (κ3) is 6.55. The SMILES string of the molecule is CS(=O)(=O)c1ccc(CN2CCC3(CCN(CCC(NC(=O)C4CCCC4)c4ccccc4Cl)CC3)C2=O)cc1. The highest BCUT2D eigenvalue weighted by atomic mass is 35.5. The number of amides is 2. The van der Waals surface area contributed by atoms with Gasteiger partial charge in [-0.05, 0) is 80.9 Å². The third-order valence-corrected chi connectivity index (χ3v) is 10.7. The van der Waals surface area contributed by atoms with Crippen LogP contribution in [0.5, 0.6) is 0 Å². The second-order valence-electron chi connectivity index (χ2n) is 11.9. The lowest BCUT2D eigenvalue weighted by atomic mass is 9.77. The Hall–Kier alpha value is -2.42. The summed E-state index contributed by atoms with van der Waals surface area (Å²) in [6, 6.07) is 14.5. The molecule has 1 aliphatic carbocycles. The number of hydrogen-bond donors (Lipinski definition) is 1. The lowest BCUT2D eigenvalue weighted by molar-refractivity contribution is -0.139. The zero-order chi connectivity index (χ0) is 28.3. The van der Waals surface area contributed by atoms with Gasteiger partial charge in [0, 0.05) is 36.8 Å². The van der Waals surface area contributed by atoms with Crippen molar-refractivity contribution in [2.24, 2.45) is 11.3 Å². The molecule has 1 N–H and O–H groups in total. The van der Waals surface area contributed by atoms with Crippen molar-refractivity contribution >= 4 is 33.3 Å². The molecule has 40 heavy (non-hydrogen) atoms. The molecule has 2 amide bonds. The van der Waals surface area contributed by atoms with Gasteiger partial charge in [-0.2, -0.15) is 0 Å². The third-order valence-electron chi connectivity index (χ3n) is 9.20. The molecule has 5 rings (SSSR count). The van der Waals surface area contributed by atoms with Gasteiger partial charge in [0.2, 0.25) is 11.8 Å². The predicted octanol–water partition coefficient (Wildman–Crippen LogP) is 5.00. The fourth-order valence-electron chi connectivity index (χ4n) is 6.63. The van der Waals surface area contributed by atoms with E-state index in [1.165, 1.54) is 6.26 Å². The molecule has 2 aliphatic heterocycles. The predicted molar refractivity (Wildman–Crippen MR) is 157 cm³/mol. The highest BCUT2D eigenvalue weighted by Crippen LogP contribution is 2.42. The van der Waals surface area contributed by atoms with Gasteiger partial charge in [-0.25, -0.2) is 8.42 Å². The van der Waals surface area contributed by atoms with E-state index in [1.807, 2.05) is 29.2 Å². The van der Waals surface area contributed by atoms with Gasteiger partial charge in [0.25, 0.3) is 0 Å². The minimum Gasteiger partial charge on any atom is -0.349 e. The second kappa shape index (κ2) is 12.2. The Labute approximate surface area is 243 Å². The Balaban J connectivity index is 1.16. The molecule has 2 saturated heterocycles. The zero-order valence-corrected chi connectivity index (χ0v) is 24.9. The first kappa shape index (κ1) is 29.1. The average Bonchev–Trinajstić information content (AvgIpc) is 3.58. The molecule has 216 valence electrons. The van der Waals surface area contributed by atoms with Crippen LogP contribution in [0.15, 0.2) is 53.4 Å². The first-order valence-electron chi connectivity index (χ1n) is 14.5. The zero-order valence-electron chi connectivity index (χ0n) is 23.3. The largest absolute Gasteiger partial charge is 0.349 e. The molecule has 3 aliphatic rings. The van der Waals surface area contributed by atoms with E-state index < -0.39 is 9.84 Å². The fraction of sp³-hybridized carbons (Fsp3) is 0.548. The molecular formula is C31H40ClN3O4S. The Kier molecular flexibility index (Phi) is 8.88. The number of nitrogens with zero attached hydrogens (tertiary/aromatic N) is 2. The monoisotopic (exact) mass is 585 g/mol. The molecule has 2 aromatic rings. The molecule has 0 aromatic heterocycles. The lowest BCUT2D eigenvalue weighted by Crippen LogP contribution is -2.45. The normalized spacial score (nSPS) is 20.8. The summed E-state index contributed by atoms with van der Waals surface area (Å²) in [6.07, 6.45) is 8.68. The smallest absolute Gasteiger partial charge is 0.229 e. The quantitative estimate of drug-likeness (QED) is 0.448. The van der Waals surface area contributed by atoms with Gasteiger partial charge in [0.1, 0.15) is 0 Å². The number of halogens is 1. The molecule has 1 unspecified atom stereocenters. The lowest BCUT2D eigenvalue weighted by Gasteiger charge is -2.38. The Bertz CT molecular complexity index is 1320. The number of carbonyl (C=O) groups is 2. The maximum absolute atomic E-state index is 13.5. The summed E-state index contributed by atoms with van der Waals surface area (Å²) < 4.78 is 23.5. The molecule has 0 radical (unpaired) electrons. The molecule has 9 heteroatoms. The summed E-state index contributed by atoms with van der Waals surface area (Å²) in [6.45, 7) is 3.79. The van der Waals surface area contributed by atoms with Gasteiger partial charge in [-0.1, -0.05) is 54.8 Å². The molecule has 1 spiro atoms. The first-order valence-corrected chi connectivity index (χ1v) is 16.8. The van der Waals surface area contributed by atoms with Crippen LogP contribution in [-0.4, -0.2) is 62.5 Å². The fourth-order valence-corrected chi connectivity index (χ4v) is 7.52. The summed E-state index contributed by atoms with van der Waals surface area (Å²) in [4.78, 5) is 31.1. The molecule has 1 saturated carbocycles. The average molecular weight is 586 g/mol. The van der Waals surface area contributed by atoms with Crippen molar-refractivity contribution in [3.8, 4) is 0 Å². The molecule has 2 aromatic carbocycles. The Morgan fingerprint density at radius 2 is 1.68 bits per heavy atom. The minimum atomic E-state index is -3.24. The van der Waals surface area contributed by atoms with Gasteiger partial charge in [0.05, 0.1) is 16.4 Å². The van der Waals surface area contributed by atoms with Crippen molar-refractivity contribution in [2.45, 2.75) is 68.8 Å². The number of nitrogens with one attached hydrogen (secondary N) is 1. The van der Waals surface area contributed by atoms with Crippen LogP contribution >= 0.6 is 11.6 Å². The van der Waals surface area contributed by atoms with Crippen molar-refractivity contribution in [3.05, 3.63) is 64.7 Å². The van der Waals surface area contributed by atoms with Crippen LogP contribution < -0.4 is 5.32 Å². The van der Waals surface area contributed by atoms with E-state index in [4.69, 9.17) is 11.6 Å². The van der Waals surface area contributed by atoms with Crippen LogP contribution in [0.2, 0.25) is 5.02 Å². The van der Waals surface area contributed by atoms with E-state index in [1.54, 1.807) is 24.3 Å². The van der Waals surface area contributed by atoms with Crippen LogP contribution in [0.4, 0.5) is 0 Å². The van der Waals surface area contributed by atoms with Crippen LogP contribution in [-0.2, 0) is 26.0 Å². The van der Waals surface area contributed by atoms with E-state index in [0.29, 0.717) is 16.5 Å². The standard InChI is InChI=1S/C31H40ClN3O4S/c1-40(38,39)25-12-10-23(11-13-25)22-35-21-17-31(30(35)37)15-19-34(20-16-31)18-14-28(26-8-4-5-9-27(26)32)33-29(36)24-6-2-3-7-24/h4-5,8-13,24,28H,2-3,6-7,14-22H2,1H3,(H,33,36). The van der Waals surface area contributed by atoms with Crippen LogP contribution in [0.3, 0.4) is 0 Å².